The van der Waals surface area contributed by atoms with E-state index in [9.17, 15) is 4.79 Å². The highest BCUT2D eigenvalue weighted by atomic mass is 35.5. The van der Waals surface area contributed by atoms with Crippen LogP contribution in [0.5, 0.6) is 0 Å². The lowest BCUT2D eigenvalue weighted by Crippen LogP contribution is -2.26. The molecule has 3 aromatic rings. The van der Waals surface area contributed by atoms with E-state index >= 15 is 0 Å². The van der Waals surface area contributed by atoms with E-state index in [2.05, 4.69) is 10.1 Å². The summed E-state index contributed by atoms with van der Waals surface area (Å²) in [5.74, 6) is 0. The summed E-state index contributed by atoms with van der Waals surface area (Å²) in [7, 11) is 0. The van der Waals surface area contributed by atoms with Crippen LogP contribution in [0.15, 0.2) is 47.8 Å². The van der Waals surface area contributed by atoms with Crippen LogP contribution in [0, 0.1) is 0 Å². The Morgan fingerprint density at radius 3 is 3.00 bits per heavy atom. The standard InChI is InChI=1S/C14H13ClN4O/c1-10(8-18-6-2-5-17-18)19-9-16-13-7-11(15)3-4-12(13)14(19)20/h2-7,9-10H,8H2,1H3/t10-/m1/s1. The Bertz CT molecular complexity index is 795. The molecule has 0 bridgehead atoms. The Morgan fingerprint density at radius 1 is 1.40 bits per heavy atom. The van der Waals surface area contributed by atoms with Crippen molar-refractivity contribution in [3.8, 4) is 0 Å². The quantitative estimate of drug-likeness (QED) is 0.744. The molecule has 0 N–H and O–H groups in total. The summed E-state index contributed by atoms with van der Waals surface area (Å²) in [5.41, 5.74) is 0.552. The Hall–Kier alpha value is -2.14. The van der Waals surface area contributed by atoms with E-state index < -0.39 is 0 Å². The van der Waals surface area contributed by atoms with Crippen molar-refractivity contribution in [1.29, 1.82) is 0 Å². The van der Waals surface area contributed by atoms with E-state index in [1.165, 1.54) is 0 Å². The van der Waals surface area contributed by atoms with Crippen LogP contribution in [-0.4, -0.2) is 19.3 Å². The second kappa shape index (κ2) is 5.09. The molecule has 2 aromatic heterocycles. The van der Waals surface area contributed by atoms with Gasteiger partial charge in [0.15, 0.2) is 0 Å². The molecule has 3 rings (SSSR count). The fourth-order valence-electron chi connectivity index (χ4n) is 2.19. The normalized spacial score (nSPS) is 12.7. The van der Waals surface area contributed by atoms with Crippen LogP contribution in [0.1, 0.15) is 13.0 Å². The number of nitrogens with zero attached hydrogens (tertiary/aromatic N) is 4. The molecule has 2 heterocycles. The smallest absolute Gasteiger partial charge is 0.261 e. The van der Waals surface area contributed by atoms with E-state index in [4.69, 9.17) is 11.6 Å². The van der Waals surface area contributed by atoms with Gasteiger partial charge in [0, 0.05) is 17.4 Å². The molecular formula is C14H13ClN4O. The number of benzene rings is 1. The first-order valence-corrected chi connectivity index (χ1v) is 6.67. The molecule has 0 fully saturated rings. The first kappa shape index (κ1) is 12.9. The van der Waals surface area contributed by atoms with E-state index in [1.807, 2.05) is 19.2 Å². The van der Waals surface area contributed by atoms with Crippen molar-refractivity contribution in [3.63, 3.8) is 0 Å². The highest BCUT2D eigenvalue weighted by Crippen LogP contribution is 2.15. The minimum absolute atomic E-state index is 0.0324. The number of fused-ring (bicyclic) bond motifs is 1. The fraction of sp³-hybridized carbons (Fsp3) is 0.214. The van der Waals surface area contributed by atoms with Crippen LogP contribution in [0.2, 0.25) is 5.02 Å². The number of hydrogen-bond acceptors (Lipinski definition) is 3. The van der Waals surface area contributed by atoms with E-state index in [0.29, 0.717) is 22.5 Å². The molecule has 0 aliphatic heterocycles. The van der Waals surface area contributed by atoms with Gasteiger partial charge in [0.2, 0.25) is 0 Å². The second-order valence-corrected chi connectivity index (χ2v) is 5.13. The fourth-order valence-corrected chi connectivity index (χ4v) is 2.36. The van der Waals surface area contributed by atoms with E-state index in [-0.39, 0.29) is 11.6 Å². The lowest BCUT2D eigenvalue weighted by atomic mass is 10.2. The van der Waals surface area contributed by atoms with Crippen molar-refractivity contribution >= 4 is 22.5 Å². The zero-order valence-corrected chi connectivity index (χ0v) is 11.7. The number of aromatic nitrogens is 4. The van der Waals surface area contributed by atoms with Gasteiger partial charge in [-0.05, 0) is 31.2 Å². The molecule has 0 unspecified atom stereocenters. The zero-order valence-electron chi connectivity index (χ0n) is 10.9. The third-order valence-corrected chi connectivity index (χ3v) is 3.47. The Labute approximate surface area is 120 Å². The highest BCUT2D eigenvalue weighted by molar-refractivity contribution is 6.31. The van der Waals surface area contributed by atoms with Gasteiger partial charge in [-0.3, -0.25) is 14.0 Å². The summed E-state index contributed by atoms with van der Waals surface area (Å²) in [5, 5.41) is 5.30. The summed E-state index contributed by atoms with van der Waals surface area (Å²) in [6, 6.07) is 6.94. The predicted octanol–water partition coefficient (Wildman–Crippen LogP) is 2.51. The average Bonchev–Trinajstić information content (AvgIpc) is 2.91. The summed E-state index contributed by atoms with van der Waals surface area (Å²) in [4.78, 5) is 16.8. The number of rotatable bonds is 3. The van der Waals surface area contributed by atoms with Crippen LogP contribution >= 0.6 is 11.6 Å². The lowest BCUT2D eigenvalue weighted by Gasteiger charge is -2.15. The second-order valence-electron chi connectivity index (χ2n) is 4.70. The summed E-state index contributed by atoms with van der Waals surface area (Å²) in [6.07, 6.45) is 5.15. The van der Waals surface area contributed by atoms with Crippen LogP contribution in [-0.2, 0) is 6.54 Å². The maximum Gasteiger partial charge on any atom is 0.261 e. The predicted molar refractivity (Wildman–Crippen MR) is 78.0 cm³/mol. The molecule has 0 saturated carbocycles. The van der Waals surface area contributed by atoms with Gasteiger partial charge >= 0.3 is 0 Å². The largest absolute Gasteiger partial charge is 0.294 e. The van der Waals surface area contributed by atoms with Gasteiger partial charge in [-0.15, -0.1) is 0 Å². The van der Waals surface area contributed by atoms with Crippen molar-refractivity contribution in [3.05, 3.63) is 58.4 Å². The third kappa shape index (κ3) is 2.32. The Morgan fingerprint density at radius 2 is 2.25 bits per heavy atom. The summed E-state index contributed by atoms with van der Waals surface area (Å²) < 4.78 is 3.42. The molecule has 0 radical (unpaired) electrons. The van der Waals surface area contributed by atoms with Crippen molar-refractivity contribution in [2.75, 3.05) is 0 Å². The van der Waals surface area contributed by atoms with Crippen LogP contribution < -0.4 is 5.56 Å². The molecule has 1 atom stereocenters. The van der Waals surface area contributed by atoms with Crippen LogP contribution in [0.4, 0.5) is 0 Å². The average molecular weight is 289 g/mol. The van der Waals surface area contributed by atoms with Crippen molar-refractivity contribution < 1.29 is 0 Å². The van der Waals surface area contributed by atoms with Crippen LogP contribution in [0.25, 0.3) is 10.9 Å². The molecule has 5 nitrogen and oxygen atoms in total. The van der Waals surface area contributed by atoms with Gasteiger partial charge in [-0.25, -0.2) is 4.98 Å². The van der Waals surface area contributed by atoms with Gasteiger partial charge in [0.05, 0.1) is 29.8 Å². The van der Waals surface area contributed by atoms with Gasteiger partial charge in [0.1, 0.15) is 0 Å². The van der Waals surface area contributed by atoms with Gasteiger partial charge < -0.3 is 0 Å². The minimum atomic E-state index is -0.0636. The maximum absolute atomic E-state index is 12.5. The topological polar surface area (TPSA) is 52.7 Å². The van der Waals surface area contributed by atoms with Crippen LogP contribution in [0.3, 0.4) is 0 Å². The van der Waals surface area contributed by atoms with E-state index in [0.717, 1.165) is 0 Å². The first-order valence-electron chi connectivity index (χ1n) is 6.29. The molecule has 0 amide bonds. The van der Waals surface area contributed by atoms with Crippen molar-refractivity contribution in [2.45, 2.75) is 19.5 Å². The highest BCUT2D eigenvalue weighted by Gasteiger charge is 2.11. The van der Waals surface area contributed by atoms with Gasteiger partial charge in [-0.1, -0.05) is 11.6 Å². The van der Waals surface area contributed by atoms with Gasteiger partial charge in [0.25, 0.3) is 5.56 Å². The SMILES string of the molecule is C[C@H](Cn1cccn1)n1cnc2cc(Cl)ccc2c1=O. The molecule has 6 heteroatoms. The lowest BCUT2D eigenvalue weighted by molar-refractivity contribution is 0.426. The summed E-state index contributed by atoms with van der Waals surface area (Å²) in [6.45, 7) is 2.58. The monoisotopic (exact) mass is 288 g/mol. The van der Waals surface area contributed by atoms with Crippen molar-refractivity contribution in [1.82, 2.24) is 19.3 Å². The zero-order chi connectivity index (χ0) is 14.1. The van der Waals surface area contributed by atoms with E-state index in [1.54, 1.807) is 40.0 Å². The first-order chi connectivity index (χ1) is 9.65. The Balaban J connectivity index is 2.01. The maximum atomic E-state index is 12.5. The van der Waals surface area contributed by atoms with Gasteiger partial charge in [-0.2, -0.15) is 5.10 Å². The third-order valence-electron chi connectivity index (χ3n) is 3.23. The molecule has 20 heavy (non-hydrogen) atoms. The molecule has 0 spiro atoms. The number of halogens is 1. The molecular weight excluding hydrogens is 276 g/mol. The molecule has 102 valence electrons. The summed E-state index contributed by atoms with van der Waals surface area (Å²) >= 11 is 5.91. The molecule has 1 aromatic carbocycles. The molecule has 0 saturated heterocycles. The number of hydrogen-bond donors (Lipinski definition) is 0. The Kier molecular flexibility index (Phi) is 3.28. The molecule has 0 aliphatic rings. The van der Waals surface area contributed by atoms with Crippen molar-refractivity contribution in [2.24, 2.45) is 0 Å². The minimum Gasteiger partial charge on any atom is -0.294 e. The molecule has 0 aliphatic carbocycles.